The predicted octanol–water partition coefficient (Wildman–Crippen LogP) is 1.05. The summed E-state index contributed by atoms with van der Waals surface area (Å²) in [5.41, 5.74) is 0.713. The average Bonchev–Trinajstić information content (AvgIpc) is 2.35. The Labute approximate surface area is 103 Å². The number of halogens is 1. The summed E-state index contributed by atoms with van der Waals surface area (Å²) in [5, 5.41) is 21.9. The largest absolute Gasteiger partial charge is 0.394 e. The van der Waals surface area contributed by atoms with Crippen LogP contribution in [0.4, 0.5) is 5.82 Å². The third-order valence-electron chi connectivity index (χ3n) is 2.36. The molecule has 0 radical (unpaired) electrons. The Bertz CT molecular complexity index is 517. The fourth-order valence-corrected chi connectivity index (χ4v) is 1.68. The van der Waals surface area contributed by atoms with E-state index in [1.807, 2.05) is 24.3 Å². The van der Waals surface area contributed by atoms with Crippen molar-refractivity contribution in [3.63, 3.8) is 0 Å². The smallest absolute Gasteiger partial charge is 0.224 e. The summed E-state index contributed by atoms with van der Waals surface area (Å²) < 4.78 is 0. The van der Waals surface area contributed by atoms with Crippen LogP contribution < -0.4 is 5.32 Å². The third-order valence-corrected chi connectivity index (χ3v) is 2.53. The minimum Gasteiger partial charge on any atom is -0.394 e. The van der Waals surface area contributed by atoms with Gasteiger partial charge in [0.1, 0.15) is 5.82 Å². The highest BCUT2D eigenvalue weighted by molar-refractivity contribution is 6.28. The standard InChI is InChI=1S/C11H12ClN3O2/c12-11-14-9-4-2-1-3-8(9)10(15-11)13-7(5-16)6-17/h1-4,7,16-17H,5-6H2,(H,13,14,15). The Hall–Kier alpha value is -1.43. The van der Waals surface area contributed by atoms with Crippen molar-refractivity contribution in [1.82, 2.24) is 9.97 Å². The molecule has 0 fully saturated rings. The lowest BCUT2D eigenvalue weighted by Gasteiger charge is -2.15. The van der Waals surface area contributed by atoms with Crippen LogP contribution in [0.15, 0.2) is 24.3 Å². The Balaban J connectivity index is 2.44. The van der Waals surface area contributed by atoms with Gasteiger partial charge in [0.15, 0.2) is 0 Å². The molecule has 0 atom stereocenters. The first kappa shape index (κ1) is 12.0. The van der Waals surface area contributed by atoms with E-state index in [1.165, 1.54) is 0 Å². The Morgan fingerprint density at radius 2 is 1.88 bits per heavy atom. The monoisotopic (exact) mass is 253 g/mol. The van der Waals surface area contributed by atoms with E-state index in [1.54, 1.807) is 0 Å². The molecule has 1 aromatic carbocycles. The number of nitrogens with one attached hydrogen (secondary N) is 1. The van der Waals surface area contributed by atoms with Crippen molar-refractivity contribution in [3.8, 4) is 0 Å². The van der Waals surface area contributed by atoms with Gasteiger partial charge >= 0.3 is 0 Å². The molecule has 2 aromatic rings. The second-order valence-electron chi connectivity index (χ2n) is 3.56. The Morgan fingerprint density at radius 3 is 2.59 bits per heavy atom. The lowest BCUT2D eigenvalue weighted by molar-refractivity contribution is 0.203. The molecular formula is C11H12ClN3O2. The molecule has 5 nitrogen and oxygen atoms in total. The second-order valence-corrected chi connectivity index (χ2v) is 3.90. The molecule has 90 valence electrons. The van der Waals surface area contributed by atoms with Gasteiger partial charge in [0.05, 0.1) is 24.8 Å². The van der Waals surface area contributed by atoms with Crippen molar-refractivity contribution in [2.75, 3.05) is 18.5 Å². The van der Waals surface area contributed by atoms with Gasteiger partial charge < -0.3 is 15.5 Å². The minimum absolute atomic E-state index is 0.126. The fourth-order valence-electron chi connectivity index (χ4n) is 1.50. The molecule has 1 heterocycles. The van der Waals surface area contributed by atoms with Crippen molar-refractivity contribution >= 4 is 28.3 Å². The molecular weight excluding hydrogens is 242 g/mol. The maximum atomic E-state index is 9.03. The molecule has 0 amide bonds. The molecule has 0 aliphatic heterocycles. The molecule has 0 saturated carbocycles. The quantitative estimate of drug-likeness (QED) is 0.710. The molecule has 0 saturated heterocycles. The fraction of sp³-hybridized carbons (Fsp3) is 0.273. The highest BCUT2D eigenvalue weighted by Gasteiger charge is 2.10. The van der Waals surface area contributed by atoms with Crippen LogP contribution in [-0.4, -0.2) is 39.4 Å². The molecule has 1 aromatic heterocycles. The van der Waals surface area contributed by atoms with Crippen molar-refractivity contribution in [3.05, 3.63) is 29.5 Å². The van der Waals surface area contributed by atoms with Crippen molar-refractivity contribution in [2.24, 2.45) is 0 Å². The summed E-state index contributed by atoms with van der Waals surface area (Å²) in [4.78, 5) is 8.14. The van der Waals surface area contributed by atoms with Crippen LogP contribution in [0.25, 0.3) is 10.9 Å². The molecule has 17 heavy (non-hydrogen) atoms. The highest BCUT2D eigenvalue weighted by Crippen LogP contribution is 2.22. The van der Waals surface area contributed by atoms with Crippen molar-refractivity contribution < 1.29 is 10.2 Å². The predicted molar refractivity (Wildman–Crippen MR) is 66.1 cm³/mol. The summed E-state index contributed by atoms with van der Waals surface area (Å²) in [5.74, 6) is 0.508. The first-order valence-corrected chi connectivity index (χ1v) is 5.53. The zero-order chi connectivity index (χ0) is 12.3. The highest BCUT2D eigenvalue weighted by atomic mass is 35.5. The number of hydrogen-bond acceptors (Lipinski definition) is 5. The molecule has 3 N–H and O–H groups in total. The maximum absolute atomic E-state index is 9.03. The zero-order valence-electron chi connectivity index (χ0n) is 8.97. The first-order valence-electron chi connectivity index (χ1n) is 5.15. The van der Waals surface area contributed by atoms with Crippen LogP contribution in [0.3, 0.4) is 0 Å². The van der Waals surface area contributed by atoms with Crippen LogP contribution in [0.5, 0.6) is 0 Å². The van der Waals surface area contributed by atoms with Crippen LogP contribution in [0.1, 0.15) is 0 Å². The summed E-state index contributed by atoms with van der Waals surface area (Å²) in [6, 6.07) is 6.91. The van der Waals surface area contributed by atoms with Crippen molar-refractivity contribution in [2.45, 2.75) is 6.04 Å². The SMILES string of the molecule is OCC(CO)Nc1nc(Cl)nc2ccccc12. The first-order chi connectivity index (χ1) is 8.24. The van der Waals surface area contributed by atoms with E-state index < -0.39 is 6.04 Å². The number of aromatic nitrogens is 2. The van der Waals surface area contributed by atoms with E-state index in [0.717, 1.165) is 5.39 Å². The van der Waals surface area contributed by atoms with E-state index in [-0.39, 0.29) is 18.5 Å². The number of nitrogens with zero attached hydrogens (tertiary/aromatic N) is 2. The van der Waals surface area contributed by atoms with Crippen LogP contribution in [0.2, 0.25) is 5.28 Å². The molecule has 0 aliphatic rings. The molecule has 0 unspecified atom stereocenters. The second kappa shape index (κ2) is 5.27. The number of para-hydroxylation sites is 1. The summed E-state index contributed by atoms with van der Waals surface area (Å²) in [6.45, 7) is -0.376. The van der Waals surface area contributed by atoms with Crippen molar-refractivity contribution in [1.29, 1.82) is 0 Å². The van der Waals surface area contributed by atoms with Gasteiger partial charge in [-0.2, -0.15) is 0 Å². The minimum atomic E-state index is -0.468. The molecule has 6 heteroatoms. The number of aliphatic hydroxyl groups excluding tert-OH is 2. The van der Waals surface area contributed by atoms with Gasteiger partial charge in [-0.05, 0) is 23.7 Å². The van der Waals surface area contributed by atoms with E-state index in [4.69, 9.17) is 21.8 Å². The molecule has 0 spiro atoms. The van der Waals surface area contributed by atoms with Crippen LogP contribution in [-0.2, 0) is 0 Å². The van der Waals surface area contributed by atoms with Gasteiger partial charge in [0.25, 0.3) is 0 Å². The lowest BCUT2D eigenvalue weighted by atomic mass is 10.2. The third kappa shape index (κ3) is 2.63. The van der Waals surface area contributed by atoms with Gasteiger partial charge in [-0.1, -0.05) is 12.1 Å². The number of fused-ring (bicyclic) bond motifs is 1. The number of benzene rings is 1. The summed E-state index contributed by atoms with van der Waals surface area (Å²) >= 11 is 5.81. The molecule has 0 bridgehead atoms. The molecule has 0 aliphatic carbocycles. The number of anilines is 1. The van der Waals surface area contributed by atoms with Gasteiger partial charge in [-0.25, -0.2) is 9.97 Å². The van der Waals surface area contributed by atoms with E-state index >= 15 is 0 Å². The maximum Gasteiger partial charge on any atom is 0.224 e. The van der Waals surface area contributed by atoms with E-state index in [9.17, 15) is 0 Å². The van der Waals surface area contributed by atoms with Gasteiger partial charge in [0.2, 0.25) is 5.28 Å². The van der Waals surface area contributed by atoms with Crippen LogP contribution >= 0.6 is 11.6 Å². The summed E-state index contributed by atoms with van der Waals surface area (Å²) in [6.07, 6.45) is 0. The Kier molecular flexibility index (Phi) is 3.73. The number of rotatable bonds is 4. The van der Waals surface area contributed by atoms with E-state index in [0.29, 0.717) is 11.3 Å². The number of hydrogen-bond donors (Lipinski definition) is 3. The van der Waals surface area contributed by atoms with Crippen LogP contribution in [0, 0.1) is 0 Å². The van der Waals surface area contributed by atoms with Gasteiger partial charge in [-0.15, -0.1) is 0 Å². The lowest BCUT2D eigenvalue weighted by Crippen LogP contribution is -2.28. The van der Waals surface area contributed by atoms with Gasteiger partial charge in [0, 0.05) is 5.39 Å². The van der Waals surface area contributed by atoms with E-state index in [2.05, 4.69) is 15.3 Å². The summed E-state index contributed by atoms with van der Waals surface area (Å²) in [7, 11) is 0. The number of aliphatic hydroxyl groups is 2. The Morgan fingerprint density at radius 1 is 1.18 bits per heavy atom. The van der Waals surface area contributed by atoms with Gasteiger partial charge in [-0.3, -0.25) is 0 Å². The zero-order valence-corrected chi connectivity index (χ0v) is 9.72. The molecule has 2 rings (SSSR count). The topological polar surface area (TPSA) is 78.3 Å². The normalized spacial score (nSPS) is 11.1. The average molecular weight is 254 g/mol.